The van der Waals surface area contributed by atoms with Crippen molar-refractivity contribution >= 4 is 23.3 Å². The van der Waals surface area contributed by atoms with Crippen LogP contribution in [0.2, 0.25) is 0 Å². The number of carboxylic acids is 1. The lowest BCUT2D eigenvalue weighted by molar-refractivity contribution is -0.139. The van der Waals surface area contributed by atoms with Crippen LogP contribution in [0.1, 0.15) is 49.9 Å². The molecule has 1 aliphatic rings. The highest BCUT2D eigenvalue weighted by atomic mass is 32.1. The second kappa shape index (κ2) is 8.43. The highest BCUT2D eigenvalue weighted by Crippen LogP contribution is 2.26. The average molecular weight is 354 g/mol. The summed E-state index contributed by atoms with van der Waals surface area (Å²) in [7, 11) is 0. The summed E-state index contributed by atoms with van der Waals surface area (Å²) in [4.78, 5) is 29.4. The number of amides is 2. The van der Waals surface area contributed by atoms with Crippen molar-refractivity contribution in [2.24, 2.45) is 0 Å². The summed E-state index contributed by atoms with van der Waals surface area (Å²) in [6.07, 6.45) is 2.37. The zero-order chi connectivity index (χ0) is 17.7. The molecule has 8 heteroatoms. The minimum Gasteiger partial charge on any atom is -0.480 e. The molecule has 0 spiro atoms. The summed E-state index contributed by atoms with van der Waals surface area (Å²) in [5.74, 6) is -0.810. The molecule has 0 bridgehead atoms. The Labute approximate surface area is 146 Å². The molecule has 1 aromatic rings. The average Bonchev–Trinajstić information content (AvgIpc) is 2.92. The van der Waals surface area contributed by atoms with E-state index in [0.717, 1.165) is 30.0 Å². The van der Waals surface area contributed by atoms with Crippen LogP contribution < -0.4 is 10.6 Å². The Morgan fingerprint density at radius 1 is 1.46 bits per heavy atom. The molecule has 1 unspecified atom stereocenters. The Morgan fingerprint density at radius 3 is 2.67 bits per heavy atom. The number of carbonyl (C=O) groups excluding carboxylic acids is 1. The summed E-state index contributed by atoms with van der Waals surface area (Å²) >= 11 is 1.56. The van der Waals surface area contributed by atoms with Crippen molar-refractivity contribution < 1.29 is 14.7 Å². The van der Waals surface area contributed by atoms with Crippen molar-refractivity contribution in [2.75, 3.05) is 13.1 Å². The first-order chi connectivity index (χ1) is 11.4. The molecule has 2 amide bonds. The Morgan fingerprint density at radius 2 is 2.17 bits per heavy atom. The molecule has 24 heavy (non-hydrogen) atoms. The quantitative estimate of drug-likeness (QED) is 0.665. The fraction of sp³-hybridized carbons (Fsp3) is 0.688. The number of thiazole rings is 1. The summed E-state index contributed by atoms with van der Waals surface area (Å²) in [6, 6.07) is 0.0894. The highest BCUT2D eigenvalue weighted by molar-refractivity contribution is 7.09. The van der Waals surface area contributed by atoms with Gasteiger partial charge in [0.1, 0.15) is 5.01 Å². The van der Waals surface area contributed by atoms with Crippen LogP contribution in [0.4, 0.5) is 4.79 Å². The maximum Gasteiger partial charge on any atom is 0.317 e. The van der Waals surface area contributed by atoms with Crippen LogP contribution in [0.25, 0.3) is 0 Å². The number of aryl methyl sites for hydroxylation is 1. The van der Waals surface area contributed by atoms with Gasteiger partial charge in [0, 0.05) is 23.2 Å². The SMILES string of the molecule is CCC(NC(=O)NC1CC(N(CC)CC(=O)O)C1)c1nc(C)cs1. The highest BCUT2D eigenvalue weighted by Gasteiger charge is 2.34. The van der Waals surface area contributed by atoms with Gasteiger partial charge in [0.15, 0.2) is 0 Å². The monoisotopic (exact) mass is 354 g/mol. The van der Waals surface area contributed by atoms with E-state index in [1.165, 1.54) is 0 Å². The van der Waals surface area contributed by atoms with Gasteiger partial charge in [-0.15, -0.1) is 11.3 Å². The van der Waals surface area contributed by atoms with E-state index in [-0.39, 0.29) is 30.7 Å². The largest absolute Gasteiger partial charge is 0.480 e. The predicted octanol–water partition coefficient (Wildman–Crippen LogP) is 2.14. The van der Waals surface area contributed by atoms with Crippen LogP contribution in [0, 0.1) is 6.92 Å². The first-order valence-electron chi connectivity index (χ1n) is 8.37. The molecular weight excluding hydrogens is 328 g/mol. The zero-order valence-electron chi connectivity index (χ0n) is 14.4. The van der Waals surface area contributed by atoms with E-state index in [0.29, 0.717) is 6.54 Å². The second-order valence-corrected chi connectivity index (χ2v) is 7.07. The van der Waals surface area contributed by atoms with Gasteiger partial charge in [0.2, 0.25) is 0 Å². The Hall–Kier alpha value is -1.67. The van der Waals surface area contributed by atoms with Crippen molar-refractivity contribution in [1.82, 2.24) is 20.5 Å². The molecule has 0 aromatic carbocycles. The van der Waals surface area contributed by atoms with Gasteiger partial charge in [0.05, 0.1) is 12.6 Å². The zero-order valence-corrected chi connectivity index (χ0v) is 15.2. The van der Waals surface area contributed by atoms with Gasteiger partial charge in [-0.3, -0.25) is 9.69 Å². The molecule has 1 saturated carbocycles. The van der Waals surface area contributed by atoms with Crippen LogP contribution in [-0.4, -0.2) is 52.2 Å². The minimum atomic E-state index is -0.810. The number of carbonyl (C=O) groups is 2. The van der Waals surface area contributed by atoms with Gasteiger partial charge in [-0.05, 0) is 32.7 Å². The molecule has 2 rings (SSSR count). The second-order valence-electron chi connectivity index (χ2n) is 6.18. The van der Waals surface area contributed by atoms with E-state index in [1.54, 1.807) is 11.3 Å². The first-order valence-corrected chi connectivity index (χ1v) is 9.25. The molecule has 7 nitrogen and oxygen atoms in total. The number of likely N-dealkylation sites (N-methyl/N-ethyl adjacent to an activating group) is 1. The van der Waals surface area contributed by atoms with E-state index in [9.17, 15) is 9.59 Å². The third-order valence-electron chi connectivity index (χ3n) is 4.36. The van der Waals surface area contributed by atoms with Crippen molar-refractivity contribution in [3.8, 4) is 0 Å². The Kier molecular flexibility index (Phi) is 6.56. The van der Waals surface area contributed by atoms with Gasteiger partial charge >= 0.3 is 12.0 Å². The van der Waals surface area contributed by atoms with Gasteiger partial charge in [-0.2, -0.15) is 0 Å². The third kappa shape index (κ3) is 4.91. The normalized spacial score (nSPS) is 21.2. The maximum atomic E-state index is 12.2. The molecule has 1 aliphatic carbocycles. The summed E-state index contributed by atoms with van der Waals surface area (Å²) in [5, 5.41) is 17.8. The van der Waals surface area contributed by atoms with E-state index < -0.39 is 5.97 Å². The molecule has 1 aromatic heterocycles. The lowest BCUT2D eigenvalue weighted by Crippen LogP contribution is -2.56. The van der Waals surface area contributed by atoms with Crippen molar-refractivity contribution in [3.63, 3.8) is 0 Å². The molecule has 1 atom stereocenters. The van der Waals surface area contributed by atoms with Crippen molar-refractivity contribution in [1.29, 1.82) is 0 Å². The van der Waals surface area contributed by atoms with Gasteiger partial charge in [-0.1, -0.05) is 13.8 Å². The third-order valence-corrected chi connectivity index (χ3v) is 5.43. The first kappa shape index (κ1) is 18.7. The fourth-order valence-corrected chi connectivity index (χ4v) is 3.86. The number of urea groups is 1. The number of hydrogen-bond donors (Lipinski definition) is 3. The Bertz CT molecular complexity index is 571. The lowest BCUT2D eigenvalue weighted by atomic mass is 9.85. The molecule has 0 radical (unpaired) electrons. The van der Waals surface area contributed by atoms with E-state index in [2.05, 4.69) is 15.6 Å². The molecule has 1 heterocycles. The number of aliphatic carboxylic acids is 1. The molecular formula is C16H26N4O3S. The van der Waals surface area contributed by atoms with E-state index >= 15 is 0 Å². The van der Waals surface area contributed by atoms with E-state index in [4.69, 9.17) is 5.11 Å². The predicted molar refractivity (Wildman–Crippen MR) is 93.2 cm³/mol. The summed E-state index contributed by atoms with van der Waals surface area (Å²) < 4.78 is 0. The number of rotatable bonds is 8. The molecule has 0 aliphatic heterocycles. The number of carboxylic acid groups (broad SMARTS) is 1. The van der Waals surface area contributed by atoms with Gasteiger partial charge in [-0.25, -0.2) is 9.78 Å². The minimum absolute atomic E-state index is 0.0569. The number of aromatic nitrogens is 1. The van der Waals surface area contributed by atoms with Crippen molar-refractivity contribution in [3.05, 3.63) is 16.1 Å². The van der Waals surface area contributed by atoms with Crippen molar-refractivity contribution in [2.45, 2.75) is 58.2 Å². The molecule has 3 N–H and O–H groups in total. The number of nitrogens with zero attached hydrogens (tertiary/aromatic N) is 2. The summed E-state index contributed by atoms with van der Waals surface area (Å²) in [6.45, 7) is 6.68. The Balaban J connectivity index is 1.76. The van der Waals surface area contributed by atoms with Crippen LogP contribution >= 0.6 is 11.3 Å². The molecule has 0 saturated heterocycles. The molecule has 134 valence electrons. The van der Waals surface area contributed by atoms with Crippen LogP contribution in [0.15, 0.2) is 5.38 Å². The van der Waals surface area contributed by atoms with Crippen LogP contribution in [0.5, 0.6) is 0 Å². The maximum absolute atomic E-state index is 12.2. The number of hydrogen-bond acceptors (Lipinski definition) is 5. The lowest BCUT2D eigenvalue weighted by Gasteiger charge is -2.42. The van der Waals surface area contributed by atoms with Gasteiger partial charge in [0.25, 0.3) is 0 Å². The van der Waals surface area contributed by atoms with Crippen LogP contribution in [-0.2, 0) is 4.79 Å². The smallest absolute Gasteiger partial charge is 0.317 e. The topological polar surface area (TPSA) is 94.6 Å². The van der Waals surface area contributed by atoms with Gasteiger partial charge < -0.3 is 15.7 Å². The number of nitrogens with one attached hydrogen (secondary N) is 2. The fourth-order valence-electron chi connectivity index (χ4n) is 2.93. The molecule has 1 fully saturated rings. The van der Waals surface area contributed by atoms with E-state index in [1.807, 2.05) is 31.1 Å². The standard InChI is InChI=1S/C16H26N4O3S/c1-4-13(15-17-10(3)9-24-15)19-16(23)18-11-6-12(7-11)20(5-2)8-14(21)22/h9,11-13H,4-8H2,1-3H3,(H,21,22)(H2,18,19,23). The van der Waals surface area contributed by atoms with Crippen LogP contribution in [0.3, 0.4) is 0 Å². The summed E-state index contributed by atoms with van der Waals surface area (Å²) in [5.41, 5.74) is 0.968.